The lowest BCUT2D eigenvalue weighted by Gasteiger charge is -2.35. The second kappa shape index (κ2) is 4.90. The maximum absolute atomic E-state index is 11.5. The van der Waals surface area contributed by atoms with Crippen LogP contribution in [0, 0.1) is 0 Å². The predicted molar refractivity (Wildman–Crippen MR) is 56.8 cm³/mol. The Balaban J connectivity index is 1.93. The third-order valence-electron chi connectivity index (χ3n) is 2.99. The first kappa shape index (κ1) is 11.5. The molecule has 2 fully saturated rings. The number of amides is 2. The monoisotopic (exact) mass is 227 g/mol. The van der Waals surface area contributed by atoms with Crippen LogP contribution in [-0.2, 0) is 14.3 Å². The Bertz CT molecular complexity index is 293. The molecule has 0 aliphatic carbocycles. The van der Waals surface area contributed by atoms with Gasteiger partial charge in [0.2, 0.25) is 11.8 Å². The van der Waals surface area contributed by atoms with Crippen LogP contribution in [0.4, 0.5) is 0 Å². The van der Waals surface area contributed by atoms with Gasteiger partial charge in [0.05, 0.1) is 25.2 Å². The summed E-state index contributed by atoms with van der Waals surface area (Å²) in [5, 5.41) is 5.38. The first-order valence-corrected chi connectivity index (χ1v) is 5.54. The predicted octanol–water partition coefficient (Wildman–Crippen LogP) is -1.68. The van der Waals surface area contributed by atoms with Crippen LogP contribution in [0.3, 0.4) is 0 Å². The van der Waals surface area contributed by atoms with Gasteiger partial charge in [0.1, 0.15) is 0 Å². The van der Waals surface area contributed by atoms with Crippen molar-refractivity contribution in [3.05, 3.63) is 0 Å². The van der Waals surface area contributed by atoms with E-state index in [1.165, 1.54) is 0 Å². The maximum atomic E-state index is 11.5. The Morgan fingerprint density at radius 1 is 1.56 bits per heavy atom. The van der Waals surface area contributed by atoms with Crippen molar-refractivity contribution in [2.24, 2.45) is 0 Å². The number of imide groups is 1. The summed E-state index contributed by atoms with van der Waals surface area (Å²) in [6, 6.07) is -0.296. The number of rotatable bonds is 3. The molecule has 0 radical (unpaired) electrons. The summed E-state index contributed by atoms with van der Waals surface area (Å²) in [7, 11) is 1.87. The summed E-state index contributed by atoms with van der Waals surface area (Å²) in [6.45, 7) is 2.79. The number of nitrogens with zero attached hydrogens (tertiary/aromatic N) is 1. The molecule has 2 saturated heterocycles. The molecule has 2 atom stereocenters. The van der Waals surface area contributed by atoms with Crippen molar-refractivity contribution in [3.63, 3.8) is 0 Å². The second-order valence-electron chi connectivity index (χ2n) is 4.18. The van der Waals surface area contributed by atoms with Crippen molar-refractivity contribution in [1.29, 1.82) is 0 Å². The molecular weight excluding hydrogens is 210 g/mol. The summed E-state index contributed by atoms with van der Waals surface area (Å²) in [5.74, 6) is -0.346. The molecule has 16 heavy (non-hydrogen) atoms. The van der Waals surface area contributed by atoms with E-state index in [2.05, 4.69) is 10.6 Å². The molecule has 2 rings (SSSR count). The normalized spacial score (nSPS) is 31.8. The molecule has 2 amide bonds. The molecule has 0 aromatic carbocycles. The Hall–Kier alpha value is -0.980. The van der Waals surface area contributed by atoms with Gasteiger partial charge in [-0.1, -0.05) is 0 Å². The zero-order valence-corrected chi connectivity index (χ0v) is 9.36. The topological polar surface area (TPSA) is 70.7 Å². The largest absolute Gasteiger partial charge is 0.374 e. The fourth-order valence-corrected chi connectivity index (χ4v) is 2.21. The fraction of sp³-hybridized carbons (Fsp3) is 0.800. The highest BCUT2D eigenvalue weighted by Crippen LogP contribution is 2.15. The molecule has 6 heteroatoms. The zero-order valence-electron chi connectivity index (χ0n) is 9.36. The highest BCUT2D eigenvalue weighted by molar-refractivity contribution is 6.05. The average molecular weight is 227 g/mol. The molecular formula is C10H17N3O3. The van der Waals surface area contributed by atoms with E-state index in [0.29, 0.717) is 19.7 Å². The van der Waals surface area contributed by atoms with E-state index in [0.717, 1.165) is 6.54 Å². The fourth-order valence-electron chi connectivity index (χ4n) is 2.21. The maximum Gasteiger partial charge on any atom is 0.244 e. The molecule has 0 aromatic heterocycles. The van der Waals surface area contributed by atoms with Crippen molar-refractivity contribution >= 4 is 11.8 Å². The van der Waals surface area contributed by atoms with Gasteiger partial charge in [0, 0.05) is 19.6 Å². The molecule has 90 valence electrons. The van der Waals surface area contributed by atoms with Crippen LogP contribution in [0.15, 0.2) is 0 Å². The van der Waals surface area contributed by atoms with Crippen molar-refractivity contribution in [1.82, 2.24) is 15.5 Å². The lowest BCUT2D eigenvalue weighted by atomic mass is 10.1. The van der Waals surface area contributed by atoms with E-state index in [1.807, 2.05) is 11.9 Å². The van der Waals surface area contributed by atoms with Crippen molar-refractivity contribution in [2.75, 3.05) is 33.3 Å². The summed E-state index contributed by atoms with van der Waals surface area (Å²) in [5.41, 5.74) is 0. The van der Waals surface area contributed by atoms with Gasteiger partial charge >= 0.3 is 0 Å². The zero-order chi connectivity index (χ0) is 11.5. The van der Waals surface area contributed by atoms with E-state index in [-0.39, 0.29) is 30.4 Å². The van der Waals surface area contributed by atoms with E-state index in [9.17, 15) is 9.59 Å². The molecule has 2 heterocycles. The van der Waals surface area contributed by atoms with Crippen LogP contribution in [0.5, 0.6) is 0 Å². The second-order valence-corrected chi connectivity index (χ2v) is 4.18. The molecule has 2 aliphatic rings. The van der Waals surface area contributed by atoms with Crippen LogP contribution in [0.1, 0.15) is 6.42 Å². The van der Waals surface area contributed by atoms with Crippen molar-refractivity contribution in [3.8, 4) is 0 Å². The lowest BCUT2D eigenvalue weighted by Crippen LogP contribution is -2.52. The van der Waals surface area contributed by atoms with Gasteiger partial charge in [-0.15, -0.1) is 0 Å². The number of likely N-dealkylation sites (N-methyl/N-ethyl adjacent to an activating group) is 1. The molecule has 0 bridgehead atoms. The standard InChI is InChI=1S/C10H17N3O3/c1-11-5-7-6-13(2-3-16-7)8-4-9(14)12-10(8)15/h7-8,11H,2-6H2,1H3,(H,12,14,15). The Morgan fingerprint density at radius 3 is 3.00 bits per heavy atom. The van der Waals surface area contributed by atoms with Gasteiger partial charge in [-0.2, -0.15) is 0 Å². The third kappa shape index (κ3) is 2.40. The number of carbonyl (C=O) groups is 2. The minimum absolute atomic E-state index is 0.0993. The summed E-state index contributed by atoms with van der Waals surface area (Å²) >= 11 is 0. The number of hydrogen-bond acceptors (Lipinski definition) is 5. The molecule has 0 aromatic rings. The molecule has 2 N–H and O–H groups in total. The van der Waals surface area contributed by atoms with Gasteiger partial charge in [0.25, 0.3) is 0 Å². The van der Waals surface area contributed by atoms with Gasteiger partial charge < -0.3 is 10.1 Å². The SMILES string of the molecule is CNCC1CN(C2CC(=O)NC2=O)CCO1. The number of hydrogen-bond donors (Lipinski definition) is 2. The third-order valence-corrected chi connectivity index (χ3v) is 2.99. The Labute approximate surface area is 94.3 Å². The van der Waals surface area contributed by atoms with Crippen LogP contribution >= 0.6 is 0 Å². The summed E-state index contributed by atoms with van der Waals surface area (Å²) < 4.78 is 5.55. The Kier molecular flexibility index (Phi) is 3.52. The van der Waals surface area contributed by atoms with E-state index >= 15 is 0 Å². The van der Waals surface area contributed by atoms with Crippen LogP contribution < -0.4 is 10.6 Å². The van der Waals surface area contributed by atoms with Gasteiger partial charge in [-0.05, 0) is 7.05 Å². The van der Waals surface area contributed by atoms with Crippen LogP contribution in [0.25, 0.3) is 0 Å². The van der Waals surface area contributed by atoms with E-state index in [1.54, 1.807) is 0 Å². The number of morpholine rings is 1. The molecule has 2 unspecified atom stereocenters. The quantitative estimate of drug-likeness (QED) is 0.564. The first-order valence-electron chi connectivity index (χ1n) is 5.54. The minimum Gasteiger partial charge on any atom is -0.374 e. The molecule has 2 aliphatic heterocycles. The van der Waals surface area contributed by atoms with Crippen molar-refractivity contribution < 1.29 is 14.3 Å². The summed E-state index contributed by atoms with van der Waals surface area (Å²) in [6.07, 6.45) is 0.382. The van der Waals surface area contributed by atoms with Gasteiger partial charge in [0.15, 0.2) is 0 Å². The number of carbonyl (C=O) groups excluding carboxylic acids is 2. The highest BCUT2D eigenvalue weighted by atomic mass is 16.5. The average Bonchev–Trinajstić information content (AvgIpc) is 2.59. The smallest absolute Gasteiger partial charge is 0.244 e. The highest BCUT2D eigenvalue weighted by Gasteiger charge is 2.37. The Morgan fingerprint density at radius 2 is 2.38 bits per heavy atom. The molecule has 0 saturated carbocycles. The summed E-state index contributed by atoms with van der Waals surface area (Å²) in [4.78, 5) is 24.7. The van der Waals surface area contributed by atoms with Gasteiger partial charge in [-0.3, -0.25) is 19.8 Å². The molecule has 6 nitrogen and oxygen atoms in total. The van der Waals surface area contributed by atoms with Crippen molar-refractivity contribution in [2.45, 2.75) is 18.6 Å². The van der Waals surface area contributed by atoms with Gasteiger partial charge in [-0.25, -0.2) is 0 Å². The minimum atomic E-state index is -0.296. The van der Waals surface area contributed by atoms with Crippen LogP contribution in [-0.4, -0.2) is 62.1 Å². The van der Waals surface area contributed by atoms with E-state index < -0.39 is 0 Å². The number of nitrogens with one attached hydrogen (secondary N) is 2. The molecule has 0 spiro atoms. The number of ether oxygens (including phenoxy) is 1. The van der Waals surface area contributed by atoms with E-state index in [4.69, 9.17) is 4.74 Å². The lowest BCUT2D eigenvalue weighted by molar-refractivity contribution is -0.127. The van der Waals surface area contributed by atoms with Crippen LogP contribution in [0.2, 0.25) is 0 Å². The first-order chi connectivity index (χ1) is 7.70.